The van der Waals surface area contributed by atoms with E-state index >= 15 is 0 Å². The topological polar surface area (TPSA) is 38.1 Å². The lowest BCUT2D eigenvalue weighted by Crippen LogP contribution is -2.57. The first kappa shape index (κ1) is 25.0. The molecule has 1 aromatic heterocycles. The number of benzene rings is 5. The molecule has 204 valence electrons. The summed E-state index contributed by atoms with van der Waals surface area (Å²) in [6, 6.07) is 36.5. The van der Waals surface area contributed by atoms with Gasteiger partial charge in [0.05, 0.1) is 5.56 Å². The van der Waals surface area contributed by atoms with E-state index in [0.717, 1.165) is 56.3 Å². The lowest BCUT2D eigenvalue weighted by Gasteiger charge is -2.32. The minimum absolute atomic E-state index is 0.0249. The molecule has 5 heteroatoms. The van der Waals surface area contributed by atoms with E-state index in [0.29, 0.717) is 11.8 Å². The van der Waals surface area contributed by atoms with Crippen LogP contribution in [0.3, 0.4) is 0 Å². The number of aromatic amines is 1. The van der Waals surface area contributed by atoms with Gasteiger partial charge in [0.2, 0.25) is 0 Å². The second-order valence-corrected chi connectivity index (χ2v) is 12.0. The Morgan fingerprint density at radius 2 is 1.24 bits per heavy atom. The molecule has 4 nitrogen and oxygen atoms in total. The first-order valence-corrected chi connectivity index (χ1v) is 14.9. The molecule has 0 spiro atoms. The van der Waals surface area contributed by atoms with Gasteiger partial charge in [-0.3, -0.25) is 0 Å². The van der Waals surface area contributed by atoms with Crippen molar-refractivity contribution in [2.45, 2.75) is 39.5 Å². The van der Waals surface area contributed by atoms with Gasteiger partial charge in [-0.1, -0.05) is 82.3 Å². The summed E-state index contributed by atoms with van der Waals surface area (Å²) < 4.78 is 15.3. The zero-order valence-electron chi connectivity index (χ0n) is 24.3. The first-order valence-electron chi connectivity index (χ1n) is 14.9. The van der Waals surface area contributed by atoms with Crippen LogP contribution in [0.4, 0.5) is 0 Å². The highest BCUT2D eigenvalue weighted by Gasteiger charge is 2.40. The number of aromatic nitrogens is 2. The van der Waals surface area contributed by atoms with Crippen molar-refractivity contribution in [1.82, 2.24) is 4.98 Å². The highest BCUT2D eigenvalue weighted by molar-refractivity contribution is 6.98. The van der Waals surface area contributed by atoms with Gasteiger partial charge in [0.15, 0.2) is 11.0 Å². The quantitative estimate of drug-likeness (QED) is 0.189. The number of fused-ring (bicyclic) bond motifs is 5. The third-order valence-corrected chi connectivity index (χ3v) is 8.77. The summed E-state index contributed by atoms with van der Waals surface area (Å²) in [6.07, 6.45) is 0. The van der Waals surface area contributed by atoms with Crippen molar-refractivity contribution in [2.24, 2.45) is 0 Å². The number of hydrogen-bond acceptors (Lipinski definition) is 2. The van der Waals surface area contributed by atoms with Crippen molar-refractivity contribution in [3.05, 3.63) is 114 Å². The van der Waals surface area contributed by atoms with Crippen LogP contribution in [-0.4, -0.2) is 11.7 Å². The molecule has 0 fully saturated rings. The minimum Gasteiger partial charge on any atom is -0.458 e. The maximum atomic E-state index is 6.51. The van der Waals surface area contributed by atoms with E-state index in [-0.39, 0.29) is 6.71 Å². The number of imidazole rings is 1. The van der Waals surface area contributed by atoms with Crippen LogP contribution in [0.2, 0.25) is 0 Å². The average Bonchev–Trinajstić information content (AvgIpc) is 3.39. The van der Waals surface area contributed by atoms with Gasteiger partial charge in [0.25, 0.3) is 12.5 Å². The molecule has 1 N–H and O–H groups in total. The molecule has 5 aromatic carbocycles. The fourth-order valence-corrected chi connectivity index (χ4v) is 6.81. The van der Waals surface area contributed by atoms with Gasteiger partial charge in [-0.25, -0.2) is 4.98 Å². The van der Waals surface area contributed by atoms with Crippen molar-refractivity contribution >= 4 is 34.1 Å². The molecule has 2 aliphatic rings. The van der Waals surface area contributed by atoms with Gasteiger partial charge in [-0.15, -0.1) is 0 Å². The molecule has 0 unspecified atom stereocenters. The molecule has 8 rings (SSSR count). The van der Waals surface area contributed by atoms with Crippen LogP contribution in [-0.2, 0) is 0 Å². The summed E-state index contributed by atoms with van der Waals surface area (Å²) in [4.78, 5) is 3.81. The van der Waals surface area contributed by atoms with E-state index in [9.17, 15) is 0 Å². The lowest BCUT2D eigenvalue weighted by atomic mass is 9.35. The summed E-state index contributed by atoms with van der Waals surface area (Å²) in [5, 5.41) is 0. The van der Waals surface area contributed by atoms with Crippen LogP contribution in [0.25, 0.3) is 28.1 Å². The molecule has 3 heterocycles. The van der Waals surface area contributed by atoms with Gasteiger partial charge in [-0.05, 0) is 71.3 Å². The van der Waals surface area contributed by atoms with Crippen LogP contribution in [0.5, 0.6) is 23.0 Å². The number of nitrogens with one attached hydrogen (secondary N) is 1. The zero-order chi connectivity index (χ0) is 28.5. The molecule has 0 saturated carbocycles. The molecule has 0 radical (unpaired) electrons. The van der Waals surface area contributed by atoms with Crippen LogP contribution in [0.15, 0.2) is 103 Å². The van der Waals surface area contributed by atoms with Crippen molar-refractivity contribution in [1.29, 1.82) is 0 Å². The van der Waals surface area contributed by atoms with E-state index in [2.05, 4.69) is 116 Å². The third kappa shape index (κ3) is 3.66. The van der Waals surface area contributed by atoms with Crippen molar-refractivity contribution < 1.29 is 14.0 Å². The van der Waals surface area contributed by atoms with Crippen LogP contribution < -0.4 is 30.4 Å². The lowest BCUT2D eigenvalue weighted by molar-refractivity contribution is -0.556. The molecule has 2 aliphatic heterocycles. The van der Waals surface area contributed by atoms with E-state index in [1.807, 2.05) is 24.3 Å². The Morgan fingerprint density at radius 1 is 0.619 bits per heavy atom. The maximum Gasteiger partial charge on any atom is 0.292 e. The Labute approximate surface area is 246 Å². The second-order valence-electron chi connectivity index (χ2n) is 12.0. The van der Waals surface area contributed by atoms with E-state index in [4.69, 9.17) is 9.47 Å². The number of rotatable bonds is 4. The fourth-order valence-electron chi connectivity index (χ4n) is 6.81. The molecule has 6 aromatic rings. The zero-order valence-corrected chi connectivity index (χ0v) is 24.3. The SMILES string of the molecule is CC(C)c1cccc(C(C)C)c1-[n+]1c(-c2ccc3c(c2)B2c4ccccc4Oc4cccc(c42)O3)[nH]c2ccccc21. The van der Waals surface area contributed by atoms with Crippen molar-refractivity contribution in [3.63, 3.8) is 0 Å². The Kier molecular flexibility index (Phi) is 5.58. The van der Waals surface area contributed by atoms with E-state index < -0.39 is 0 Å². The molecular formula is C37H32BN2O2+. The highest BCUT2D eigenvalue weighted by Crippen LogP contribution is 2.36. The van der Waals surface area contributed by atoms with E-state index in [1.165, 1.54) is 22.3 Å². The highest BCUT2D eigenvalue weighted by atomic mass is 16.5. The Morgan fingerprint density at radius 3 is 1.98 bits per heavy atom. The third-order valence-electron chi connectivity index (χ3n) is 8.77. The first-order chi connectivity index (χ1) is 20.5. The monoisotopic (exact) mass is 547 g/mol. The largest absolute Gasteiger partial charge is 0.458 e. The summed E-state index contributed by atoms with van der Waals surface area (Å²) in [6.45, 7) is 9.16. The van der Waals surface area contributed by atoms with Crippen molar-refractivity contribution in [3.8, 4) is 40.1 Å². The standard InChI is InChI=1S/C37H31BN2O2/c1-22(2)25-11-9-12-26(23(3)4)36(25)40-30-15-7-6-14-29(30)39-37(40)24-19-20-32-28(21-24)38-27-13-5-8-16-31(27)41-33-17-10-18-34(42-32)35(33)38/h5-23H,1-4H3/p+1. The Balaban J connectivity index is 1.40. The maximum absolute atomic E-state index is 6.51. The molecule has 0 saturated heterocycles. The number of H-pyrrole nitrogens is 1. The summed E-state index contributed by atoms with van der Waals surface area (Å²) >= 11 is 0. The van der Waals surface area contributed by atoms with Gasteiger partial charge in [0, 0.05) is 16.6 Å². The molecule has 0 bridgehead atoms. The van der Waals surface area contributed by atoms with E-state index in [1.54, 1.807) is 0 Å². The van der Waals surface area contributed by atoms with Crippen LogP contribution in [0.1, 0.15) is 50.7 Å². The van der Waals surface area contributed by atoms with Gasteiger partial charge < -0.3 is 9.47 Å². The van der Waals surface area contributed by atoms with Crippen LogP contribution in [0, 0.1) is 0 Å². The molecule has 0 atom stereocenters. The smallest absolute Gasteiger partial charge is 0.292 e. The summed E-state index contributed by atoms with van der Waals surface area (Å²) in [5.41, 5.74) is 10.8. The van der Waals surface area contributed by atoms with Crippen molar-refractivity contribution in [2.75, 3.05) is 0 Å². The predicted octanol–water partition coefficient (Wildman–Crippen LogP) is 7.09. The number of para-hydroxylation sites is 4. The second kappa shape index (κ2) is 9.38. The van der Waals surface area contributed by atoms with Gasteiger partial charge >= 0.3 is 0 Å². The molecular weight excluding hydrogens is 515 g/mol. The molecule has 42 heavy (non-hydrogen) atoms. The Hall–Kier alpha value is -4.77. The normalized spacial score (nSPS) is 13.0. The number of nitrogens with zero attached hydrogens (tertiary/aromatic N) is 1. The molecule has 0 amide bonds. The molecule has 0 aliphatic carbocycles. The number of hydrogen-bond donors (Lipinski definition) is 1. The predicted molar refractivity (Wildman–Crippen MR) is 171 cm³/mol. The fraction of sp³-hybridized carbons (Fsp3) is 0.162. The van der Waals surface area contributed by atoms with Gasteiger partial charge in [0.1, 0.15) is 28.7 Å². The van der Waals surface area contributed by atoms with Gasteiger partial charge in [-0.2, -0.15) is 4.57 Å². The average molecular weight is 547 g/mol. The summed E-state index contributed by atoms with van der Waals surface area (Å²) in [5.74, 6) is 5.32. The number of ether oxygens (including phenoxy) is 2. The minimum atomic E-state index is 0.0249. The van der Waals surface area contributed by atoms with Crippen LogP contribution >= 0.6 is 0 Å². The summed E-state index contributed by atoms with van der Waals surface area (Å²) in [7, 11) is 0. The Bertz CT molecular complexity index is 1980.